The number of ether oxygens (including phenoxy) is 1. The van der Waals surface area contributed by atoms with Gasteiger partial charge in [-0.05, 0) is 45.3 Å². The van der Waals surface area contributed by atoms with Crippen molar-refractivity contribution in [1.29, 1.82) is 0 Å². The number of likely N-dealkylation sites (tertiary alicyclic amines) is 2. The topological polar surface area (TPSA) is 15.7 Å². The summed E-state index contributed by atoms with van der Waals surface area (Å²) in [5, 5.41) is 0. The van der Waals surface area contributed by atoms with Gasteiger partial charge in [-0.25, -0.2) is 0 Å². The third-order valence-corrected chi connectivity index (χ3v) is 3.75. The molecule has 15 heavy (non-hydrogen) atoms. The Kier molecular flexibility index (Phi) is 4.42. The first-order valence-electron chi connectivity index (χ1n) is 6.35. The van der Waals surface area contributed by atoms with Crippen molar-refractivity contribution in [2.75, 3.05) is 46.4 Å². The van der Waals surface area contributed by atoms with E-state index in [2.05, 4.69) is 9.80 Å². The van der Waals surface area contributed by atoms with Gasteiger partial charge < -0.3 is 4.74 Å². The molecule has 2 heterocycles. The summed E-state index contributed by atoms with van der Waals surface area (Å²) in [6, 6.07) is 0.832. The van der Waals surface area contributed by atoms with Crippen molar-refractivity contribution in [1.82, 2.24) is 9.80 Å². The number of nitrogens with zero attached hydrogens (tertiary/aromatic N) is 2. The monoisotopic (exact) mass is 212 g/mol. The number of hydrogen-bond donors (Lipinski definition) is 0. The maximum absolute atomic E-state index is 5.15. The number of rotatable bonds is 4. The van der Waals surface area contributed by atoms with E-state index in [1.165, 1.54) is 51.9 Å². The van der Waals surface area contributed by atoms with Crippen molar-refractivity contribution in [3.8, 4) is 0 Å². The van der Waals surface area contributed by atoms with Crippen LogP contribution in [0.3, 0.4) is 0 Å². The summed E-state index contributed by atoms with van der Waals surface area (Å²) < 4.78 is 5.15. The summed E-state index contributed by atoms with van der Waals surface area (Å²) in [5.41, 5.74) is 0. The summed E-state index contributed by atoms with van der Waals surface area (Å²) in [5.74, 6) is 0. The minimum absolute atomic E-state index is 0.832. The third-order valence-electron chi connectivity index (χ3n) is 3.75. The number of methoxy groups -OCH3 is 1. The highest BCUT2D eigenvalue weighted by Crippen LogP contribution is 2.20. The molecule has 0 bridgehead atoms. The van der Waals surface area contributed by atoms with E-state index in [0.29, 0.717) is 0 Å². The van der Waals surface area contributed by atoms with Crippen LogP contribution in [-0.2, 0) is 4.74 Å². The highest BCUT2D eigenvalue weighted by molar-refractivity contribution is 4.83. The van der Waals surface area contributed by atoms with Crippen LogP contribution in [0.15, 0.2) is 0 Å². The Bertz CT molecular complexity index is 180. The Morgan fingerprint density at radius 3 is 2.67 bits per heavy atom. The average molecular weight is 212 g/mol. The van der Waals surface area contributed by atoms with Gasteiger partial charge in [-0.3, -0.25) is 9.80 Å². The lowest BCUT2D eigenvalue weighted by atomic mass is 10.0. The van der Waals surface area contributed by atoms with Crippen LogP contribution < -0.4 is 0 Å². The van der Waals surface area contributed by atoms with Gasteiger partial charge in [0.05, 0.1) is 6.61 Å². The normalized spacial score (nSPS) is 29.8. The van der Waals surface area contributed by atoms with Gasteiger partial charge >= 0.3 is 0 Å². The Hall–Kier alpha value is -0.120. The predicted octanol–water partition coefficient (Wildman–Crippen LogP) is 1.19. The maximum Gasteiger partial charge on any atom is 0.0589 e. The van der Waals surface area contributed by atoms with Gasteiger partial charge in [0.15, 0.2) is 0 Å². The Morgan fingerprint density at radius 1 is 1.13 bits per heavy atom. The van der Waals surface area contributed by atoms with E-state index in [9.17, 15) is 0 Å². The molecule has 0 aromatic rings. The van der Waals surface area contributed by atoms with E-state index < -0.39 is 0 Å². The van der Waals surface area contributed by atoms with Crippen LogP contribution in [0.5, 0.6) is 0 Å². The van der Waals surface area contributed by atoms with Crippen LogP contribution in [0.4, 0.5) is 0 Å². The van der Waals surface area contributed by atoms with Crippen molar-refractivity contribution in [2.45, 2.75) is 31.7 Å². The highest BCUT2D eigenvalue weighted by Gasteiger charge is 2.26. The molecule has 2 rings (SSSR count). The van der Waals surface area contributed by atoms with Crippen molar-refractivity contribution >= 4 is 0 Å². The second kappa shape index (κ2) is 5.83. The molecule has 2 fully saturated rings. The molecule has 0 unspecified atom stereocenters. The molecule has 0 radical (unpaired) electrons. The molecule has 0 N–H and O–H groups in total. The molecular weight excluding hydrogens is 188 g/mol. The molecule has 0 aromatic carbocycles. The van der Waals surface area contributed by atoms with E-state index in [0.717, 1.165) is 19.2 Å². The van der Waals surface area contributed by atoms with Crippen molar-refractivity contribution < 1.29 is 4.74 Å². The maximum atomic E-state index is 5.15. The van der Waals surface area contributed by atoms with E-state index in [4.69, 9.17) is 4.74 Å². The fraction of sp³-hybridized carbons (Fsp3) is 1.00. The summed E-state index contributed by atoms with van der Waals surface area (Å²) in [7, 11) is 1.79. The molecule has 2 aliphatic heterocycles. The van der Waals surface area contributed by atoms with Crippen LogP contribution in [0.25, 0.3) is 0 Å². The minimum Gasteiger partial charge on any atom is -0.383 e. The molecule has 0 aliphatic carbocycles. The summed E-state index contributed by atoms with van der Waals surface area (Å²) in [6.07, 6.45) is 5.59. The molecule has 2 saturated heterocycles. The first-order chi connectivity index (χ1) is 7.40. The van der Waals surface area contributed by atoms with Crippen molar-refractivity contribution in [2.24, 2.45) is 0 Å². The SMILES string of the molecule is COCCN1CCC[C@H](N2CCCC2)C1. The van der Waals surface area contributed by atoms with E-state index >= 15 is 0 Å². The average Bonchev–Trinajstić information content (AvgIpc) is 2.80. The van der Waals surface area contributed by atoms with Gasteiger partial charge in [-0.15, -0.1) is 0 Å². The molecule has 0 aromatic heterocycles. The molecule has 1 atom stereocenters. The van der Waals surface area contributed by atoms with Gasteiger partial charge in [0.1, 0.15) is 0 Å². The Balaban J connectivity index is 1.75. The molecule has 0 amide bonds. The fourth-order valence-electron chi connectivity index (χ4n) is 2.86. The summed E-state index contributed by atoms with van der Waals surface area (Å²) in [6.45, 7) is 7.20. The predicted molar refractivity (Wildman–Crippen MR) is 62.1 cm³/mol. The largest absolute Gasteiger partial charge is 0.383 e. The van der Waals surface area contributed by atoms with E-state index in [1.54, 1.807) is 7.11 Å². The summed E-state index contributed by atoms with van der Waals surface area (Å²) in [4.78, 5) is 5.26. The lowest BCUT2D eigenvalue weighted by Crippen LogP contribution is -2.47. The lowest BCUT2D eigenvalue weighted by Gasteiger charge is -2.37. The molecule has 0 spiro atoms. The Labute approximate surface area is 93.4 Å². The van der Waals surface area contributed by atoms with E-state index in [1.807, 2.05) is 0 Å². The quantitative estimate of drug-likeness (QED) is 0.696. The smallest absolute Gasteiger partial charge is 0.0589 e. The third kappa shape index (κ3) is 3.16. The van der Waals surface area contributed by atoms with Crippen molar-refractivity contribution in [3.63, 3.8) is 0 Å². The van der Waals surface area contributed by atoms with Crippen LogP contribution in [-0.4, -0.2) is 62.3 Å². The molecule has 3 nitrogen and oxygen atoms in total. The van der Waals surface area contributed by atoms with E-state index in [-0.39, 0.29) is 0 Å². The standard InChI is InChI=1S/C12H24N2O/c1-15-10-9-13-6-4-5-12(11-13)14-7-2-3-8-14/h12H,2-11H2,1H3/t12-/m0/s1. The zero-order valence-electron chi connectivity index (χ0n) is 9.95. The van der Waals surface area contributed by atoms with Crippen LogP contribution in [0, 0.1) is 0 Å². The molecule has 88 valence electrons. The fourth-order valence-corrected chi connectivity index (χ4v) is 2.86. The molecule has 0 saturated carbocycles. The van der Waals surface area contributed by atoms with Crippen molar-refractivity contribution in [3.05, 3.63) is 0 Å². The van der Waals surface area contributed by atoms with Crippen LogP contribution >= 0.6 is 0 Å². The summed E-state index contributed by atoms with van der Waals surface area (Å²) >= 11 is 0. The van der Waals surface area contributed by atoms with Gasteiger partial charge in [-0.2, -0.15) is 0 Å². The number of hydrogen-bond acceptors (Lipinski definition) is 3. The van der Waals surface area contributed by atoms with Gasteiger partial charge in [-0.1, -0.05) is 0 Å². The molecular formula is C12H24N2O. The van der Waals surface area contributed by atoms with Crippen LogP contribution in [0.1, 0.15) is 25.7 Å². The zero-order chi connectivity index (χ0) is 10.5. The lowest BCUT2D eigenvalue weighted by molar-refractivity contribution is 0.0870. The van der Waals surface area contributed by atoms with Crippen LogP contribution in [0.2, 0.25) is 0 Å². The Morgan fingerprint density at radius 2 is 1.93 bits per heavy atom. The first-order valence-corrected chi connectivity index (χ1v) is 6.35. The molecule has 3 heteroatoms. The first kappa shape index (κ1) is 11.4. The van der Waals surface area contributed by atoms with Gasteiger partial charge in [0.25, 0.3) is 0 Å². The molecule has 2 aliphatic rings. The second-order valence-corrected chi connectivity index (χ2v) is 4.83. The van der Waals surface area contributed by atoms with Gasteiger partial charge in [0, 0.05) is 26.2 Å². The number of piperidine rings is 1. The van der Waals surface area contributed by atoms with Gasteiger partial charge in [0.2, 0.25) is 0 Å². The zero-order valence-corrected chi connectivity index (χ0v) is 9.95. The second-order valence-electron chi connectivity index (χ2n) is 4.83. The highest BCUT2D eigenvalue weighted by atomic mass is 16.5. The minimum atomic E-state index is 0.832.